The van der Waals surface area contributed by atoms with Gasteiger partial charge in [-0.05, 0) is 13.8 Å². The van der Waals surface area contributed by atoms with Crippen molar-refractivity contribution >= 4 is 0 Å². The Morgan fingerprint density at radius 1 is 0.786 bits per heavy atom. The Labute approximate surface area is 106 Å². The Kier molecular flexibility index (Phi) is 9.64. The van der Waals surface area contributed by atoms with E-state index in [4.69, 9.17) is 0 Å². The van der Waals surface area contributed by atoms with Crippen LogP contribution in [0.25, 0.3) is 0 Å². The van der Waals surface area contributed by atoms with Gasteiger partial charge in [-0.15, -0.1) is 0 Å². The summed E-state index contributed by atoms with van der Waals surface area (Å²) in [6.07, 6.45) is 0. The minimum absolute atomic E-state index is 0. The third-order valence-corrected chi connectivity index (χ3v) is 2.85. The average Bonchev–Trinajstić information content (AvgIpc) is 2.01. The van der Waals surface area contributed by atoms with Gasteiger partial charge in [-0.2, -0.15) is 0 Å². The molecule has 0 aromatic heterocycles. The van der Waals surface area contributed by atoms with Crippen LogP contribution in [0.15, 0.2) is 0 Å². The fourth-order valence-electron chi connectivity index (χ4n) is 2.36. The Morgan fingerprint density at radius 2 is 1.07 bits per heavy atom. The molecule has 80 valence electrons. The molecule has 0 saturated carbocycles. The first-order chi connectivity index (χ1) is 5.95. The zero-order chi connectivity index (χ0) is 10.5. The van der Waals surface area contributed by atoms with Crippen molar-refractivity contribution in [2.45, 2.75) is 41.5 Å². The zero-order valence-corrected chi connectivity index (χ0v) is 12.5. The van der Waals surface area contributed by atoms with E-state index in [1.165, 1.54) is 30.7 Å². The van der Waals surface area contributed by atoms with Gasteiger partial charge < -0.3 is 4.48 Å². The predicted octanol–water partition coefficient (Wildman–Crippen LogP) is 3.15. The SMILES string of the molecule is CC[N+](CC)(CC(C)C)CC(C)C.[Ti+4]. The summed E-state index contributed by atoms with van der Waals surface area (Å²) in [5.74, 6) is 1.64. The van der Waals surface area contributed by atoms with Crippen molar-refractivity contribution < 1.29 is 26.2 Å². The third-order valence-electron chi connectivity index (χ3n) is 2.85. The fourth-order valence-corrected chi connectivity index (χ4v) is 2.36. The normalized spacial score (nSPS) is 12.0. The molecule has 0 aliphatic heterocycles. The van der Waals surface area contributed by atoms with Crippen LogP contribution in [0.4, 0.5) is 0 Å². The zero-order valence-electron chi connectivity index (χ0n) is 10.9. The Hall–Kier alpha value is 0.674. The molecule has 0 aromatic rings. The van der Waals surface area contributed by atoms with Gasteiger partial charge in [-0.25, -0.2) is 0 Å². The van der Waals surface area contributed by atoms with Crippen LogP contribution in [-0.2, 0) is 21.7 Å². The molecule has 0 saturated heterocycles. The van der Waals surface area contributed by atoms with E-state index in [9.17, 15) is 0 Å². The van der Waals surface area contributed by atoms with Crippen molar-refractivity contribution in [1.29, 1.82) is 0 Å². The van der Waals surface area contributed by atoms with E-state index in [0.717, 1.165) is 11.8 Å². The van der Waals surface area contributed by atoms with E-state index in [1.54, 1.807) is 0 Å². The van der Waals surface area contributed by atoms with E-state index in [1.807, 2.05) is 0 Å². The molecule has 0 spiro atoms. The van der Waals surface area contributed by atoms with Crippen molar-refractivity contribution in [2.24, 2.45) is 11.8 Å². The number of rotatable bonds is 6. The number of hydrogen-bond donors (Lipinski definition) is 0. The summed E-state index contributed by atoms with van der Waals surface area (Å²) in [7, 11) is 0. The average molecular weight is 234 g/mol. The van der Waals surface area contributed by atoms with Gasteiger partial charge in [0.15, 0.2) is 0 Å². The molecule has 0 heterocycles. The molecule has 0 rings (SSSR count). The molecule has 0 aliphatic rings. The van der Waals surface area contributed by atoms with Crippen LogP contribution in [0.2, 0.25) is 0 Å². The topological polar surface area (TPSA) is 0 Å². The maximum Gasteiger partial charge on any atom is 4.00 e. The first-order valence-electron chi connectivity index (χ1n) is 5.81. The summed E-state index contributed by atoms with van der Waals surface area (Å²) in [4.78, 5) is 0. The van der Waals surface area contributed by atoms with Crippen molar-refractivity contribution in [1.82, 2.24) is 0 Å². The Morgan fingerprint density at radius 3 is 1.21 bits per heavy atom. The van der Waals surface area contributed by atoms with Gasteiger partial charge in [0, 0.05) is 11.8 Å². The molecule has 0 amide bonds. The van der Waals surface area contributed by atoms with Crippen LogP contribution in [0.5, 0.6) is 0 Å². The van der Waals surface area contributed by atoms with Gasteiger partial charge in [0.2, 0.25) is 0 Å². The summed E-state index contributed by atoms with van der Waals surface area (Å²) in [6.45, 7) is 19.2. The molecule has 0 bridgehead atoms. The molecule has 2 heteroatoms. The third kappa shape index (κ3) is 6.21. The van der Waals surface area contributed by atoms with Crippen LogP contribution in [0, 0.1) is 11.8 Å². The minimum atomic E-state index is 0. The maximum atomic E-state index is 2.33. The first-order valence-corrected chi connectivity index (χ1v) is 5.81. The molecule has 0 aliphatic carbocycles. The minimum Gasteiger partial charge on any atom is -0.324 e. The van der Waals surface area contributed by atoms with Crippen molar-refractivity contribution in [3.05, 3.63) is 0 Å². The van der Waals surface area contributed by atoms with Crippen LogP contribution in [-0.4, -0.2) is 30.7 Å². The molecule has 0 radical (unpaired) electrons. The van der Waals surface area contributed by atoms with Crippen LogP contribution < -0.4 is 0 Å². The van der Waals surface area contributed by atoms with Crippen molar-refractivity contribution in [3.8, 4) is 0 Å². The summed E-state index contributed by atoms with van der Waals surface area (Å²) in [5, 5.41) is 0. The molecule has 0 atom stereocenters. The van der Waals surface area contributed by atoms with E-state index >= 15 is 0 Å². The Balaban J connectivity index is 0. The van der Waals surface area contributed by atoms with Crippen molar-refractivity contribution in [3.63, 3.8) is 0 Å². The summed E-state index contributed by atoms with van der Waals surface area (Å²) in [6, 6.07) is 0. The number of quaternary nitrogens is 1. The monoisotopic (exact) mass is 234 g/mol. The molecule has 14 heavy (non-hydrogen) atoms. The predicted molar refractivity (Wildman–Crippen MR) is 60.8 cm³/mol. The molecular formula is C12H28NTi+5. The van der Waals surface area contributed by atoms with Gasteiger partial charge in [0.25, 0.3) is 0 Å². The second-order valence-electron chi connectivity index (χ2n) is 5.13. The standard InChI is InChI=1S/C12H28N.Ti/c1-7-13(8-2,9-11(3)4)10-12(5)6;/h11-12H,7-10H2,1-6H3;/q+1;+4. The second kappa shape index (κ2) is 7.90. The van der Waals surface area contributed by atoms with Gasteiger partial charge >= 0.3 is 21.7 Å². The van der Waals surface area contributed by atoms with E-state index < -0.39 is 0 Å². The maximum absolute atomic E-state index is 2.33. The van der Waals surface area contributed by atoms with E-state index in [0.29, 0.717) is 0 Å². The van der Waals surface area contributed by atoms with Crippen LogP contribution >= 0.6 is 0 Å². The molecular weight excluding hydrogens is 206 g/mol. The molecule has 1 nitrogen and oxygen atoms in total. The van der Waals surface area contributed by atoms with Gasteiger partial charge in [-0.1, -0.05) is 27.7 Å². The summed E-state index contributed by atoms with van der Waals surface area (Å²) < 4.78 is 1.30. The molecule has 0 aromatic carbocycles. The quantitative estimate of drug-likeness (QED) is 0.489. The van der Waals surface area contributed by atoms with Crippen LogP contribution in [0.1, 0.15) is 41.5 Å². The molecule has 0 unspecified atom stereocenters. The van der Waals surface area contributed by atoms with E-state index in [2.05, 4.69) is 41.5 Å². The summed E-state index contributed by atoms with van der Waals surface area (Å²) >= 11 is 0. The number of hydrogen-bond acceptors (Lipinski definition) is 0. The molecule has 0 N–H and O–H groups in total. The second-order valence-corrected chi connectivity index (χ2v) is 5.13. The Bertz CT molecular complexity index is 116. The van der Waals surface area contributed by atoms with Gasteiger partial charge in [-0.3, -0.25) is 0 Å². The smallest absolute Gasteiger partial charge is 0.324 e. The van der Waals surface area contributed by atoms with Crippen molar-refractivity contribution in [2.75, 3.05) is 26.2 Å². The first kappa shape index (κ1) is 17.1. The largest absolute Gasteiger partial charge is 4.00 e. The van der Waals surface area contributed by atoms with Crippen LogP contribution in [0.3, 0.4) is 0 Å². The summed E-state index contributed by atoms with van der Waals surface area (Å²) in [5.41, 5.74) is 0. The van der Waals surface area contributed by atoms with Gasteiger partial charge in [0.05, 0.1) is 26.2 Å². The van der Waals surface area contributed by atoms with Gasteiger partial charge in [0.1, 0.15) is 0 Å². The number of nitrogens with zero attached hydrogens (tertiary/aromatic N) is 1. The van der Waals surface area contributed by atoms with E-state index in [-0.39, 0.29) is 21.7 Å². The molecule has 0 fully saturated rings. The fraction of sp³-hybridized carbons (Fsp3) is 1.00.